The van der Waals surface area contributed by atoms with Crippen LogP contribution >= 0.6 is 0 Å². The lowest BCUT2D eigenvalue weighted by Crippen LogP contribution is -2.37. The molecular weight excluding hydrogens is 276 g/mol. The standard InChI is InChI=1S/C17H20N4O/c1-12(2)8-20-17(22)21-13(3)14-4-6-15(7-5-14)16-9-18-11-19-10-16/h4-7,9-11,13H,1,8H2,2-3H3,(H2,20,21,22)/t13-/m1/s1. The first kappa shape index (κ1) is 15.7. The van der Waals surface area contributed by atoms with Crippen molar-refractivity contribution in [2.75, 3.05) is 6.54 Å². The van der Waals surface area contributed by atoms with Crippen molar-refractivity contribution in [1.29, 1.82) is 0 Å². The van der Waals surface area contributed by atoms with Gasteiger partial charge >= 0.3 is 6.03 Å². The van der Waals surface area contributed by atoms with Gasteiger partial charge in [0.25, 0.3) is 0 Å². The van der Waals surface area contributed by atoms with Crippen molar-refractivity contribution < 1.29 is 4.79 Å². The van der Waals surface area contributed by atoms with Crippen molar-refractivity contribution >= 4 is 6.03 Å². The smallest absolute Gasteiger partial charge is 0.315 e. The minimum Gasteiger partial charge on any atom is -0.334 e. The molecule has 114 valence electrons. The van der Waals surface area contributed by atoms with Gasteiger partial charge < -0.3 is 10.6 Å². The van der Waals surface area contributed by atoms with Crippen molar-refractivity contribution in [2.24, 2.45) is 0 Å². The quantitative estimate of drug-likeness (QED) is 0.833. The molecule has 1 aromatic heterocycles. The predicted octanol–water partition coefficient (Wildman–Crippen LogP) is 3.08. The third-order valence-electron chi connectivity index (χ3n) is 3.20. The molecule has 0 saturated carbocycles. The van der Waals surface area contributed by atoms with Crippen LogP contribution in [-0.4, -0.2) is 22.5 Å². The Hall–Kier alpha value is -2.69. The van der Waals surface area contributed by atoms with Crippen molar-refractivity contribution in [3.05, 3.63) is 60.7 Å². The molecule has 0 radical (unpaired) electrons. The van der Waals surface area contributed by atoms with Gasteiger partial charge in [-0.05, 0) is 25.0 Å². The van der Waals surface area contributed by atoms with E-state index in [1.165, 1.54) is 6.33 Å². The lowest BCUT2D eigenvalue weighted by molar-refractivity contribution is 0.238. The van der Waals surface area contributed by atoms with Crippen LogP contribution in [0.3, 0.4) is 0 Å². The molecule has 1 atom stereocenters. The van der Waals surface area contributed by atoms with Crippen LogP contribution in [0.25, 0.3) is 11.1 Å². The topological polar surface area (TPSA) is 66.9 Å². The van der Waals surface area contributed by atoms with Crippen molar-refractivity contribution in [3.8, 4) is 11.1 Å². The van der Waals surface area contributed by atoms with E-state index in [9.17, 15) is 4.79 Å². The average molecular weight is 296 g/mol. The highest BCUT2D eigenvalue weighted by molar-refractivity contribution is 5.74. The van der Waals surface area contributed by atoms with Crippen LogP contribution in [0.5, 0.6) is 0 Å². The van der Waals surface area contributed by atoms with Crippen LogP contribution in [0.2, 0.25) is 0 Å². The molecule has 2 aromatic rings. The first-order chi connectivity index (χ1) is 10.6. The molecule has 5 heteroatoms. The Morgan fingerprint density at radius 1 is 1.18 bits per heavy atom. The van der Waals surface area contributed by atoms with Gasteiger partial charge in [-0.1, -0.05) is 36.4 Å². The Labute approximate surface area is 130 Å². The van der Waals surface area contributed by atoms with E-state index < -0.39 is 0 Å². The SMILES string of the molecule is C=C(C)CNC(=O)N[C@H](C)c1ccc(-c2cncnc2)cc1. The number of nitrogens with one attached hydrogen (secondary N) is 2. The van der Waals surface area contributed by atoms with Crippen LogP contribution in [0, 0.1) is 0 Å². The number of carbonyl (C=O) groups is 1. The van der Waals surface area contributed by atoms with Crippen molar-refractivity contribution in [2.45, 2.75) is 19.9 Å². The van der Waals surface area contributed by atoms with E-state index in [0.717, 1.165) is 22.3 Å². The van der Waals surface area contributed by atoms with Gasteiger partial charge in [0.1, 0.15) is 6.33 Å². The van der Waals surface area contributed by atoms with Gasteiger partial charge in [0.2, 0.25) is 0 Å². The highest BCUT2D eigenvalue weighted by atomic mass is 16.2. The second kappa shape index (κ2) is 7.36. The predicted molar refractivity (Wildman–Crippen MR) is 87.2 cm³/mol. The van der Waals surface area contributed by atoms with Crippen LogP contribution in [0.4, 0.5) is 4.79 Å². The summed E-state index contributed by atoms with van der Waals surface area (Å²) >= 11 is 0. The van der Waals surface area contributed by atoms with E-state index in [1.807, 2.05) is 38.1 Å². The molecule has 2 rings (SSSR count). The molecule has 0 saturated heterocycles. The van der Waals surface area contributed by atoms with E-state index in [0.29, 0.717) is 6.54 Å². The fourth-order valence-electron chi connectivity index (χ4n) is 1.97. The van der Waals surface area contributed by atoms with Crippen LogP contribution in [-0.2, 0) is 0 Å². The molecular formula is C17H20N4O. The molecule has 1 heterocycles. The zero-order valence-corrected chi connectivity index (χ0v) is 12.8. The highest BCUT2D eigenvalue weighted by Crippen LogP contribution is 2.20. The fraction of sp³-hybridized carbons (Fsp3) is 0.235. The third-order valence-corrected chi connectivity index (χ3v) is 3.20. The molecule has 0 aliphatic rings. The number of nitrogens with zero attached hydrogens (tertiary/aromatic N) is 2. The Kier molecular flexibility index (Phi) is 5.25. The zero-order chi connectivity index (χ0) is 15.9. The van der Waals surface area contributed by atoms with Gasteiger partial charge in [0.05, 0.1) is 6.04 Å². The number of aromatic nitrogens is 2. The summed E-state index contributed by atoms with van der Waals surface area (Å²) in [4.78, 5) is 19.8. The summed E-state index contributed by atoms with van der Waals surface area (Å²) in [5.74, 6) is 0. The maximum Gasteiger partial charge on any atom is 0.315 e. The molecule has 2 N–H and O–H groups in total. The summed E-state index contributed by atoms with van der Waals surface area (Å²) in [6.45, 7) is 8.04. The Balaban J connectivity index is 1.98. The van der Waals surface area contributed by atoms with Crippen molar-refractivity contribution in [1.82, 2.24) is 20.6 Å². The third kappa shape index (κ3) is 4.41. The normalized spacial score (nSPS) is 11.5. The fourth-order valence-corrected chi connectivity index (χ4v) is 1.97. The summed E-state index contributed by atoms with van der Waals surface area (Å²) in [5, 5.41) is 5.65. The molecule has 2 amide bonds. The van der Waals surface area contributed by atoms with Crippen LogP contribution in [0.15, 0.2) is 55.1 Å². The van der Waals surface area contributed by atoms with Crippen LogP contribution < -0.4 is 10.6 Å². The van der Waals surface area contributed by atoms with Crippen LogP contribution in [0.1, 0.15) is 25.5 Å². The van der Waals surface area contributed by atoms with E-state index in [2.05, 4.69) is 27.2 Å². The molecule has 5 nitrogen and oxygen atoms in total. The maximum atomic E-state index is 11.7. The second-order valence-corrected chi connectivity index (χ2v) is 5.25. The van der Waals surface area contributed by atoms with Gasteiger partial charge in [0.15, 0.2) is 0 Å². The minimum atomic E-state index is -0.198. The number of carbonyl (C=O) groups excluding carboxylic acids is 1. The van der Waals surface area contributed by atoms with E-state index in [4.69, 9.17) is 0 Å². The Bertz CT molecular complexity index is 637. The highest BCUT2D eigenvalue weighted by Gasteiger charge is 2.09. The van der Waals surface area contributed by atoms with Crippen molar-refractivity contribution in [3.63, 3.8) is 0 Å². The summed E-state index contributed by atoms with van der Waals surface area (Å²) in [6.07, 6.45) is 5.05. The average Bonchev–Trinajstić information content (AvgIpc) is 2.54. The summed E-state index contributed by atoms with van der Waals surface area (Å²) in [5.41, 5.74) is 3.96. The molecule has 0 aliphatic heterocycles. The molecule has 0 unspecified atom stereocenters. The number of amides is 2. The first-order valence-electron chi connectivity index (χ1n) is 7.10. The molecule has 0 bridgehead atoms. The number of rotatable bonds is 5. The van der Waals surface area contributed by atoms with Gasteiger partial charge in [-0.3, -0.25) is 0 Å². The molecule has 0 fully saturated rings. The molecule has 0 spiro atoms. The molecule has 0 aliphatic carbocycles. The molecule has 22 heavy (non-hydrogen) atoms. The van der Waals surface area contributed by atoms with Gasteiger partial charge in [-0.25, -0.2) is 14.8 Å². The zero-order valence-electron chi connectivity index (χ0n) is 12.8. The van der Waals surface area contributed by atoms with Gasteiger partial charge in [0, 0.05) is 24.5 Å². The lowest BCUT2D eigenvalue weighted by atomic mass is 10.0. The largest absolute Gasteiger partial charge is 0.334 e. The second-order valence-electron chi connectivity index (χ2n) is 5.25. The first-order valence-corrected chi connectivity index (χ1v) is 7.10. The van der Waals surface area contributed by atoms with Gasteiger partial charge in [-0.15, -0.1) is 0 Å². The number of hydrogen-bond donors (Lipinski definition) is 2. The number of benzene rings is 1. The van der Waals surface area contributed by atoms with Gasteiger partial charge in [-0.2, -0.15) is 0 Å². The lowest BCUT2D eigenvalue weighted by Gasteiger charge is -2.15. The Morgan fingerprint density at radius 2 is 1.82 bits per heavy atom. The maximum absolute atomic E-state index is 11.7. The number of urea groups is 1. The number of hydrogen-bond acceptors (Lipinski definition) is 3. The van der Waals surface area contributed by atoms with E-state index in [-0.39, 0.29) is 12.1 Å². The summed E-state index contributed by atoms with van der Waals surface area (Å²) in [7, 11) is 0. The monoisotopic (exact) mass is 296 g/mol. The summed E-state index contributed by atoms with van der Waals surface area (Å²) in [6, 6.07) is 7.70. The summed E-state index contributed by atoms with van der Waals surface area (Å²) < 4.78 is 0. The Morgan fingerprint density at radius 3 is 2.41 bits per heavy atom. The minimum absolute atomic E-state index is 0.0776. The van der Waals surface area contributed by atoms with E-state index in [1.54, 1.807) is 12.4 Å². The van der Waals surface area contributed by atoms with E-state index >= 15 is 0 Å². The molecule has 1 aromatic carbocycles.